The van der Waals surface area contributed by atoms with E-state index >= 15 is 0 Å². The minimum Gasteiger partial charge on any atom is -0.493 e. The molecule has 2 aromatic rings. The molecule has 1 N–H and O–H groups in total. The molecule has 2 rings (SSSR count). The Hall–Kier alpha value is -2.07. The number of hydrogen-bond donors (Lipinski definition) is 1. The normalized spacial score (nSPS) is 12.0. The van der Waals surface area contributed by atoms with E-state index in [0.29, 0.717) is 25.2 Å². The first kappa shape index (κ1) is 15.3. The Balaban J connectivity index is 1.74. The molecule has 0 spiro atoms. The van der Waals surface area contributed by atoms with Crippen LogP contribution in [-0.4, -0.2) is 18.3 Å². The van der Waals surface area contributed by atoms with Crippen LogP contribution in [0.5, 0.6) is 11.5 Å². The van der Waals surface area contributed by atoms with E-state index in [1.54, 1.807) is 13.0 Å². The lowest BCUT2D eigenvalue weighted by Crippen LogP contribution is -2.06. The van der Waals surface area contributed by atoms with Crippen molar-refractivity contribution >= 4 is 0 Å². The van der Waals surface area contributed by atoms with Gasteiger partial charge in [0.05, 0.1) is 19.3 Å². The van der Waals surface area contributed by atoms with E-state index in [1.165, 1.54) is 12.1 Å². The molecule has 0 radical (unpaired) electrons. The quantitative estimate of drug-likeness (QED) is 0.790. The Kier molecular flexibility index (Phi) is 5.58. The molecule has 0 saturated heterocycles. The molecular weight excluding hydrogens is 271 g/mol. The molecule has 3 nitrogen and oxygen atoms in total. The van der Waals surface area contributed by atoms with Crippen molar-refractivity contribution < 1.29 is 19.0 Å². The van der Waals surface area contributed by atoms with E-state index in [2.05, 4.69) is 0 Å². The highest BCUT2D eigenvalue weighted by atomic mass is 19.1. The average molecular weight is 290 g/mol. The Bertz CT molecular complexity index is 555. The van der Waals surface area contributed by atoms with Crippen LogP contribution in [0.4, 0.5) is 4.39 Å². The Morgan fingerprint density at radius 3 is 2.43 bits per heavy atom. The highest BCUT2D eigenvalue weighted by molar-refractivity contribution is 5.30. The SMILES string of the molecule is C[C@@H](O)c1ccc(OCCCOc2ccccc2)c(F)c1. The Morgan fingerprint density at radius 2 is 1.76 bits per heavy atom. The maximum absolute atomic E-state index is 13.7. The molecule has 0 amide bonds. The van der Waals surface area contributed by atoms with Crippen LogP contribution in [0.15, 0.2) is 48.5 Å². The monoisotopic (exact) mass is 290 g/mol. The van der Waals surface area contributed by atoms with Crippen molar-refractivity contribution in [3.8, 4) is 11.5 Å². The summed E-state index contributed by atoms with van der Waals surface area (Å²) < 4.78 is 24.6. The standard InChI is InChI=1S/C17H19FO3/c1-13(19)14-8-9-17(16(18)12-14)21-11-5-10-20-15-6-3-2-4-7-15/h2-4,6-9,12-13,19H,5,10-11H2,1H3/t13-/m1/s1. The van der Waals surface area contributed by atoms with Gasteiger partial charge in [0, 0.05) is 6.42 Å². The van der Waals surface area contributed by atoms with Crippen molar-refractivity contribution in [1.29, 1.82) is 0 Å². The summed E-state index contributed by atoms with van der Waals surface area (Å²) in [5.41, 5.74) is 0.535. The summed E-state index contributed by atoms with van der Waals surface area (Å²) in [6.45, 7) is 2.48. The minimum absolute atomic E-state index is 0.194. The van der Waals surface area contributed by atoms with Gasteiger partial charge in [-0.3, -0.25) is 0 Å². The molecule has 2 aromatic carbocycles. The van der Waals surface area contributed by atoms with Crippen molar-refractivity contribution in [1.82, 2.24) is 0 Å². The summed E-state index contributed by atoms with van der Waals surface area (Å²) in [7, 11) is 0. The van der Waals surface area contributed by atoms with Gasteiger partial charge in [-0.15, -0.1) is 0 Å². The first-order chi connectivity index (χ1) is 10.2. The molecule has 0 bridgehead atoms. The number of benzene rings is 2. The van der Waals surface area contributed by atoms with E-state index in [-0.39, 0.29) is 5.75 Å². The van der Waals surface area contributed by atoms with Crippen LogP contribution in [-0.2, 0) is 0 Å². The summed E-state index contributed by atoms with van der Waals surface area (Å²) in [5.74, 6) is 0.543. The highest BCUT2D eigenvalue weighted by Gasteiger charge is 2.07. The fourth-order valence-corrected chi connectivity index (χ4v) is 1.84. The van der Waals surface area contributed by atoms with E-state index < -0.39 is 11.9 Å². The summed E-state index contributed by atoms with van der Waals surface area (Å²) >= 11 is 0. The van der Waals surface area contributed by atoms with Crippen LogP contribution >= 0.6 is 0 Å². The molecule has 21 heavy (non-hydrogen) atoms. The van der Waals surface area contributed by atoms with Gasteiger partial charge in [0.25, 0.3) is 0 Å². The van der Waals surface area contributed by atoms with Gasteiger partial charge in [0.1, 0.15) is 5.75 Å². The number of rotatable bonds is 7. The molecule has 0 fully saturated rings. The second-order valence-electron chi connectivity index (χ2n) is 4.73. The van der Waals surface area contributed by atoms with Gasteiger partial charge < -0.3 is 14.6 Å². The smallest absolute Gasteiger partial charge is 0.165 e. The second-order valence-corrected chi connectivity index (χ2v) is 4.73. The van der Waals surface area contributed by atoms with Crippen LogP contribution in [0, 0.1) is 5.82 Å². The molecule has 0 aliphatic rings. The number of aliphatic hydroxyl groups excluding tert-OH is 1. The third kappa shape index (κ3) is 4.76. The zero-order chi connectivity index (χ0) is 15.1. The molecule has 0 saturated carbocycles. The number of hydrogen-bond acceptors (Lipinski definition) is 3. The van der Waals surface area contributed by atoms with Gasteiger partial charge >= 0.3 is 0 Å². The second kappa shape index (κ2) is 7.64. The van der Waals surface area contributed by atoms with Gasteiger partial charge in [-0.05, 0) is 36.8 Å². The number of ether oxygens (including phenoxy) is 2. The third-order valence-corrected chi connectivity index (χ3v) is 3.00. The van der Waals surface area contributed by atoms with Crippen molar-refractivity contribution in [3.05, 3.63) is 59.9 Å². The first-order valence-corrected chi connectivity index (χ1v) is 6.95. The van der Waals surface area contributed by atoms with Crippen LogP contribution < -0.4 is 9.47 Å². The third-order valence-electron chi connectivity index (χ3n) is 3.00. The van der Waals surface area contributed by atoms with Gasteiger partial charge in [0.2, 0.25) is 0 Å². The van der Waals surface area contributed by atoms with E-state index in [1.807, 2.05) is 30.3 Å². The van der Waals surface area contributed by atoms with Crippen molar-refractivity contribution in [2.24, 2.45) is 0 Å². The predicted molar refractivity (Wildman–Crippen MR) is 79.1 cm³/mol. The summed E-state index contributed by atoms with van der Waals surface area (Å²) in [4.78, 5) is 0. The zero-order valence-electron chi connectivity index (χ0n) is 12.0. The maximum atomic E-state index is 13.7. The van der Waals surface area contributed by atoms with Crippen LogP contribution in [0.2, 0.25) is 0 Å². The molecule has 112 valence electrons. The summed E-state index contributed by atoms with van der Waals surface area (Å²) in [6, 6.07) is 14.0. The lowest BCUT2D eigenvalue weighted by atomic mass is 10.1. The van der Waals surface area contributed by atoms with Crippen LogP contribution in [0.1, 0.15) is 25.0 Å². The molecule has 0 aromatic heterocycles. The fourth-order valence-electron chi connectivity index (χ4n) is 1.84. The number of halogens is 1. The lowest BCUT2D eigenvalue weighted by Gasteiger charge is -2.10. The van der Waals surface area contributed by atoms with E-state index in [9.17, 15) is 9.50 Å². The first-order valence-electron chi connectivity index (χ1n) is 6.95. The van der Waals surface area contributed by atoms with E-state index in [4.69, 9.17) is 9.47 Å². The Labute approximate surface area is 124 Å². The molecule has 0 heterocycles. The molecular formula is C17H19FO3. The average Bonchev–Trinajstić information content (AvgIpc) is 2.49. The minimum atomic E-state index is -0.687. The van der Waals surface area contributed by atoms with Crippen molar-refractivity contribution in [2.45, 2.75) is 19.4 Å². The maximum Gasteiger partial charge on any atom is 0.165 e. The molecule has 0 aliphatic heterocycles. The highest BCUT2D eigenvalue weighted by Crippen LogP contribution is 2.22. The van der Waals surface area contributed by atoms with Gasteiger partial charge in [0.15, 0.2) is 11.6 Å². The summed E-state index contributed by atoms with van der Waals surface area (Å²) in [5, 5.41) is 9.37. The fraction of sp³-hybridized carbons (Fsp3) is 0.294. The molecule has 0 aliphatic carbocycles. The van der Waals surface area contributed by atoms with Crippen LogP contribution in [0.3, 0.4) is 0 Å². The van der Waals surface area contributed by atoms with Crippen LogP contribution in [0.25, 0.3) is 0 Å². The van der Waals surface area contributed by atoms with Gasteiger partial charge in [-0.25, -0.2) is 4.39 Å². The zero-order valence-corrected chi connectivity index (χ0v) is 12.0. The Morgan fingerprint density at radius 1 is 1.05 bits per heavy atom. The molecule has 1 atom stereocenters. The van der Waals surface area contributed by atoms with Gasteiger partial charge in [-0.2, -0.15) is 0 Å². The van der Waals surface area contributed by atoms with Gasteiger partial charge in [-0.1, -0.05) is 24.3 Å². The topological polar surface area (TPSA) is 38.7 Å². The largest absolute Gasteiger partial charge is 0.493 e. The molecule has 0 unspecified atom stereocenters. The lowest BCUT2D eigenvalue weighted by molar-refractivity contribution is 0.198. The predicted octanol–water partition coefficient (Wildman–Crippen LogP) is 3.73. The summed E-state index contributed by atoms with van der Waals surface area (Å²) in [6.07, 6.45) is -0.0280. The van der Waals surface area contributed by atoms with Crippen molar-refractivity contribution in [3.63, 3.8) is 0 Å². The molecule has 4 heteroatoms. The van der Waals surface area contributed by atoms with E-state index in [0.717, 1.165) is 5.75 Å². The van der Waals surface area contributed by atoms with Crippen molar-refractivity contribution in [2.75, 3.05) is 13.2 Å². The number of para-hydroxylation sites is 1. The number of aliphatic hydroxyl groups is 1.